The van der Waals surface area contributed by atoms with E-state index in [2.05, 4.69) is 10.6 Å². The molecule has 0 bridgehead atoms. The van der Waals surface area contributed by atoms with E-state index < -0.39 is 21.2 Å². The second-order valence-electron chi connectivity index (χ2n) is 5.79. The van der Waals surface area contributed by atoms with Gasteiger partial charge in [0.2, 0.25) is 0 Å². The molecule has 0 aliphatic carbocycles. The van der Waals surface area contributed by atoms with Gasteiger partial charge in [0.15, 0.2) is 15.6 Å². The molecule has 132 valence electrons. The maximum absolute atomic E-state index is 12.8. The van der Waals surface area contributed by atoms with E-state index in [9.17, 15) is 18.0 Å². The molecular formula is C16H17N3O5S. The number of nitrogens with one attached hydrogen (secondary N) is 2. The highest BCUT2D eigenvalue weighted by Crippen LogP contribution is 2.30. The second kappa shape index (κ2) is 6.01. The van der Waals surface area contributed by atoms with Gasteiger partial charge in [-0.3, -0.25) is 24.6 Å². The molecule has 1 aliphatic heterocycles. The van der Waals surface area contributed by atoms with Crippen molar-refractivity contribution in [1.82, 2.24) is 15.3 Å². The fourth-order valence-electron chi connectivity index (χ4n) is 2.79. The zero-order valence-corrected chi connectivity index (χ0v) is 14.7. The van der Waals surface area contributed by atoms with Crippen molar-refractivity contribution in [2.45, 2.75) is 11.8 Å². The van der Waals surface area contributed by atoms with Crippen molar-refractivity contribution in [3.8, 4) is 0 Å². The van der Waals surface area contributed by atoms with Crippen LogP contribution in [-0.4, -0.2) is 36.8 Å². The van der Waals surface area contributed by atoms with E-state index in [4.69, 9.17) is 4.84 Å². The number of aryl methyl sites for hydroxylation is 1. The SMILES string of the molecule is Cc1c(C(=O)c2c[nH]n(C)c2=O)ccc(S(C)(=O)=O)c1C1=CCON1. The molecule has 0 radical (unpaired) electrons. The molecular weight excluding hydrogens is 346 g/mol. The number of benzene rings is 1. The number of rotatable bonds is 4. The lowest BCUT2D eigenvalue weighted by Gasteiger charge is -2.15. The van der Waals surface area contributed by atoms with Gasteiger partial charge < -0.3 is 5.10 Å². The third-order valence-electron chi connectivity index (χ3n) is 4.08. The lowest BCUT2D eigenvalue weighted by molar-refractivity contribution is 0.103. The van der Waals surface area contributed by atoms with Crippen molar-refractivity contribution in [3.05, 3.63) is 57.0 Å². The monoisotopic (exact) mass is 363 g/mol. The van der Waals surface area contributed by atoms with Gasteiger partial charge in [-0.25, -0.2) is 8.42 Å². The molecule has 2 N–H and O–H groups in total. The average Bonchev–Trinajstić information content (AvgIpc) is 3.17. The number of carbonyl (C=O) groups excluding carboxylic acids is 1. The molecule has 2 aromatic rings. The minimum Gasteiger partial charge on any atom is -0.302 e. The first-order valence-electron chi connectivity index (χ1n) is 7.43. The Labute approximate surface area is 144 Å². The van der Waals surface area contributed by atoms with Crippen molar-refractivity contribution >= 4 is 21.3 Å². The van der Waals surface area contributed by atoms with Crippen LogP contribution in [0.1, 0.15) is 27.0 Å². The lowest BCUT2D eigenvalue weighted by atomic mass is 9.95. The first-order chi connectivity index (χ1) is 11.7. The number of hydrogen-bond donors (Lipinski definition) is 2. The number of aromatic nitrogens is 2. The van der Waals surface area contributed by atoms with Crippen LogP contribution in [0, 0.1) is 6.92 Å². The molecule has 0 unspecified atom stereocenters. The van der Waals surface area contributed by atoms with Crippen LogP contribution in [0.25, 0.3) is 5.70 Å². The second-order valence-corrected chi connectivity index (χ2v) is 7.78. The van der Waals surface area contributed by atoms with E-state index in [1.807, 2.05) is 0 Å². The fraction of sp³-hybridized carbons (Fsp3) is 0.250. The van der Waals surface area contributed by atoms with E-state index in [1.165, 1.54) is 30.1 Å². The van der Waals surface area contributed by atoms with Gasteiger partial charge >= 0.3 is 0 Å². The molecule has 0 atom stereocenters. The number of hydrogen-bond acceptors (Lipinski definition) is 6. The van der Waals surface area contributed by atoms with Gasteiger partial charge in [0.25, 0.3) is 5.56 Å². The zero-order valence-electron chi connectivity index (χ0n) is 13.9. The summed E-state index contributed by atoms with van der Waals surface area (Å²) in [5.41, 5.74) is 3.78. The standard InChI is InChI=1S/C16H17N3O5S/c1-9-10(15(20)11-8-17-19(2)16(11)21)4-5-13(25(3,22)23)14(9)12-6-7-24-18-12/h4-6,8,17-18H,7H2,1-3H3. The largest absolute Gasteiger partial charge is 0.302 e. The van der Waals surface area contributed by atoms with Crippen LogP contribution in [0.5, 0.6) is 0 Å². The van der Waals surface area contributed by atoms with E-state index in [0.29, 0.717) is 16.8 Å². The molecule has 1 aromatic carbocycles. The molecule has 8 nitrogen and oxygen atoms in total. The number of hydroxylamine groups is 1. The fourth-order valence-corrected chi connectivity index (χ4v) is 3.73. The summed E-state index contributed by atoms with van der Waals surface area (Å²) in [5.74, 6) is -0.472. The van der Waals surface area contributed by atoms with E-state index in [1.54, 1.807) is 13.0 Å². The molecule has 0 saturated heterocycles. The summed E-state index contributed by atoms with van der Waals surface area (Å²) < 4.78 is 25.5. The third-order valence-corrected chi connectivity index (χ3v) is 5.21. The highest BCUT2D eigenvalue weighted by Gasteiger charge is 2.26. The van der Waals surface area contributed by atoms with Gasteiger partial charge in [0, 0.05) is 30.6 Å². The molecule has 0 fully saturated rings. The normalized spacial score (nSPS) is 14.3. The molecule has 3 rings (SSSR count). The Morgan fingerprint density at radius 3 is 2.52 bits per heavy atom. The molecule has 0 spiro atoms. The quantitative estimate of drug-likeness (QED) is 0.767. The molecule has 0 saturated carbocycles. The molecule has 2 heterocycles. The Morgan fingerprint density at radius 1 is 1.28 bits per heavy atom. The van der Waals surface area contributed by atoms with Crippen LogP contribution in [0.3, 0.4) is 0 Å². The van der Waals surface area contributed by atoms with Crippen LogP contribution in [0.15, 0.2) is 34.1 Å². The highest BCUT2D eigenvalue weighted by atomic mass is 32.2. The maximum Gasteiger partial charge on any atom is 0.277 e. The minimum atomic E-state index is -3.52. The molecule has 1 aromatic heterocycles. The number of H-pyrrole nitrogens is 1. The van der Waals surface area contributed by atoms with Gasteiger partial charge in [-0.05, 0) is 30.7 Å². The van der Waals surface area contributed by atoms with Crippen molar-refractivity contribution in [3.63, 3.8) is 0 Å². The number of carbonyl (C=O) groups is 1. The summed E-state index contributed by atoms with van der Waals surface area (Å²) in [6.45, 7) is 1.93. The van der Waals surface area contributed by atoms with Crippen molar-refractivity contribution in [1.29, 1.82) is 0 Å². The smallest absolute Gasteiger partial charge is 0.277 e. The van der Waals surface area contributed by atoms with Gasteiger partial charge in [-0.1, -0.05) is 0 Å². The van der Waals surface area contributed by atoms with Crippen molar-refractivity contribution < 1.29 is 18.0 Å². The van der Waals surface area contributed by atoms with Crippen molar-refractivity contribution in [2.75, 3.05) is 12.9 Å². The van der Waals surface area contributed by atoms with Gasteiger partial charge in [-0.2, -0.15) is 0 Å². The molecule has 0 amide bonds. The number of ketones is 1. The maximum atomic E-state index is 12.8. The van der Waals surface area contributed by atoms with Crippen LogP contribution in [-0.2, 0) is 21.7 Å². The Balaban J connectivity index is 2.23. The molecule has 25 heavy (non-hydrogen) atoms. The van der Waals surface area contributed by atoms with E-state index in [-0.39, 0.29) is 22.6 Å². The predicted molar refractivity (Wildman–Crippen MR) is 90.8 cm³/mol. The van der Waals surface area contributed by atoms with Crippen molar-refractivity contribution in [2.24, 2.45) is 7.05 Å². The zero-order chi connectivity index (χ0) is 18.4. The lowest BCUT2D eigenvalue weighted by Crippen LogP contribution is -2.20. The Hall–Kier alpha value is -2.65. The summed E-state index contributed by atoms with van der Waals surface area (Å²) in [7, 11) is -2.02. The van der Waals surface area contributed by atoms with Crippen LogP contribution in [0.2, 0.25) is 0 Å². The predicted octanol–water partition coefficient (Wildman–Crippen LogP) is 0.532. The average molecular weight is 363 g/mol. The summed E-state index contributed by atoms with van der Waals surface area (Å²) >= 11 is 0. The summed E-state index contributed by atoms with van der Waals surface area (Å²) in [6.07, 6.45) is 4.14. The molecule has 9 heteroatoms. The summed E-state index contributed by atoms with van der Waals surface area (Å²) in [5, 5.41) is 2.66. The Morgan fingerprint density at radius 2 is 2.00 bits per heavy atom. The van der Waals surface area contributed by atoms with E-state index in [0.717, 1.165) is 6.26 Å². The number of nitrogens with zero attached hydrogens (tertiary/aromatic N) is 1. The van der Waals surface area contributed by atoms with Crippen LogP contribution < -0.4 is 11.0 Å². The number of sulfone groups is 1. The number of aromatic amines is 1. The summed E-state index contributed by atoms with van der Waals surface area (Å²) in [4.78, 5) is 30.0. The first-order valence-corrected chi connectivity index (χ1v) is 9.32. The van der Waals surface area contributed by atoms with Gasteiger partial charge in [-0.15, -0.1) is 0 Å². The minimum absolute atomic E-state index is 0.00623. The Kier molecular flexibility index (Phi) is 4.13. The van der Waals surface area contributed by atoms with Crippen LogP contribution in [0.4, 0.5) is 0 Å². The third kappa shape index (κ3) is 2.92. The van der Waals surface area contributed by atoms with E-state index >= 15 is 0 Å². The topological polar surface area (TPSA) is 110 Å². The van der Waals surface area contributed by atoms with Gasteiger partial charge in [0.1, 0.15) is 5.56 Å². The van der Waals surface area contributed by atoms with Crippen LogP contribution >= 0.6 is 0 Å². The highest BCUT2D eigenvalue weighted by molar-refractivity contribution is 7.90. The first kappa shape index (κ1) is 17.2. The summed E-state index contributed by atoms with van der Waals surface area (Å²) in [6, 6.07) is 2.81. The van der Waals surface area contributed by atoms with Gasteiger partial charge in [0.05, 0.1) is 17.2 Å². The Bertz CT molecular complexity index is 1060. The molecule has 1 aliphatic rings.